The van der Waals surface area contributed by atoms with Crippen LogP contribution in [0.15, 0.2) is 18.2 Å². The van der Waals surface area contributed by atoms with Gasteiger partial charge < -0.3 is 9.62 Å². The van der Waals surface area contributed by atoms with Crippen LogP contribution in [-0.4, -0.2) is 18.3 Å². The van der Waals surface area contributed by atoms with E-state index in [1.807, 2.05) is 6.92 Å². The lowest BCUT2D eigenvalue weighted by Crippen LogP contribution is -2.04. The number of carbonyl (C=O) groups excluding carboxylic acids is 1. The molecular formula is C9H10O4. The van der Waals surface area contributed by atoms with Gasteiger partial charge in [-0.25, -0.2) is 10.1 Å². The molecule has 70 valence electrons. The largest absolute Gasteiger partial charge is 0.465 e. The molecule has 0 unspecified atom stereocenters. The van der Waals surface area contributed by atoms with Gasteiger partial charge in [0.2, 0.25) is 0 Å². The molecule has 0 heterocycles. The van der Waals surface area contributed by atoms with Crippen molar-refractivity contribution < 1.29 is 19.7 Å². The van der Waals surface area contributed by atoms with E-state index >= 15 is 0 Å². The van der Waals surface area contributed by atoms with E-state index in [-0.39, 0.29) is 11.3 Å². The molecule has 1 N–H and O–H groups in total. The number of carbonyl (C=O) groups is 1. The molecule has 0 bridgehead atoms. The van der Waals surface area contributed by atoms with E-state index in [1.54, 1.807) is 12.1 Å². The first kappa shape index (κ1) is 9.54. The molecular weight excluding hydrogens is 172 g/mol. The summed E-state index contributed by atoms with van der Waals surface area (Å²) in [6.07, 6.45) is 0. The van der Waals surface area contributed by atoms with Crippen molar-refractivity contribution in [3.05, 3.63) is 29.3 Å². The first-order chi connectivity index (χ1) is 6.19. The lowest BCUT2D eigenvalue weighted by molar-refractivity contribution is -0.138. The minimum atomic E-state index is -0.538. The molecule has 0 saturated carbocycles. The summed E-state index contributed by atoms with van der Waals surface area (Å²) < 4.78 is 4.49. The number of aryl methyl sites for hydroxylation is 1. The van der Waals surface area contributed by atoms with Gasteiger partial charge in [0, 0.05) is 0 Å². The fourth-order valence-corrected chi connectivity index (χ4v) is 0.984. The van der Waals surface area contributed by atoms with E-state index in [2.05, 4.69) is 9.62 Å². The zero-order valence-corrected chi connectivity index (χ0v) is 7.40. The van der Waals surface area contributed by atoms with Gasteiger partial charge in [0.15, 0.2) is 5.75 Å². The van der Waals surface area contributed by atoms with Crippen molar-refractivity contribution in [3.8, 4) is 5.75 Å². The van der Waals surface area contributed by atoms with E-state index in [1.165, 1.54) is 13.2 Å². The average Bonchev–Trinajstić information content (AvgIpc) is 2.16. The van der Waals surface area contributed by atoms with Crippen molar-refractivity contribution in [2.45, 2.75) is 6.92 Å². The van der Waals surface area contributed by atoms with Gasteiger partial charge in [-0.05, 0) is 24.6 Å². The molecule has 4 heteroatoms. The molecule has 0 radical (unpaired) electrons. The van der Waals surface area contributed by atoms with Crippen LogP contribution in [-0.2, 0) is 4.74 Å². The topological polar surface area (TPSA) is 55.8 Å². The van der Waals surface area contributed by atoms with E-state index < -0.39 is 5.97 Å². The molecule has 0 atom stereocenters. The van der Waals surface area contributed by atoms with Crippen LogP contribution in [0, 0.1) is 6.92 Å². The van der Waals surface area contributed by atoms with Crippen LogP contribution < -0.4 is 4.89 Å². The van der Waals surface area contributed by atoms with Gasteiger partial charge in [-0.15, -0.1) is 0 Å². The van der Waals surface area contributed by atoms with E-state index in [4.69, 9.17) is 5.26 Å². The second-order valence-corrected chi connectivity index (χ2v) is 2.58. The Balaban J connectivity index is 3.13. The highest BCUT2D eigenvalue weighted by molar-refractivity contribution is 5.92. The summed E-state index contributed by atoms with van der Waals surface area (Å²) in [4.78, 5) is 15.1. The fraction of sp³-hybridized carbons (Fsp3) is 0.222. The van der Waals surface area contributed by atoms with Gasteiger partial charge in [0.1, 0.15) is 5.56 Å². The van der Waals surface area contributed by atoms with Crippen LogP contribution in [0.3, 0.4) is 0 Å². The molecule has 0 fully saturated rings. The SMILES string of the molecule is COC(=O)c1ccc(C)cc1OO. The molecule has 0 aliphatic heterocycles. The van der Waals surface area contributed by atoms with Crippen molar-refractivity contribution in [2.75, 3.05) is 7.11 Å². The van der Waals surface area contributed by atoms with Crippen LogP contribution in [0.2, 0.25) is 0 Å². The van der Waals surface area contributed by atoms with Crippen LogP contribution in [0.1, 0.15) is 15.9 Å². The van der Waals surface area contributed by atoms with Crippen molar-refractivity contribution in [1.82, 2.24) is 0 Å². The Labute approximate surface area is 75.6 Å². The zero-order chi connectivity index (χ0) is 9.84. The highest BCUT2D eigenvalue weighted by Crippen LogP contribution is 2.20. The maximum atomic E-state index is 11.1. The molecule has 0 aliphatic rings. The van der Waals surface area contributed by atoms with Gasteiger partial charge in [0.25, 0.3) is 0 Å². The predicted octanol–water partition coefficient (Wildman–Crippen LogP) is 1.63. The third kappa shape index (κ3) is 1.97. The number of ether oxygens (including phenoxy) is 1. The van der Waals surface area contributed by atoms with Gasteiger partial charge in [-0.3, -0.25) is 0 Å². The molecule has 1 aromatic carbocycles. The second-order valence-electron chi connectivity index (χ2n) is 2.58. The van der Waals surface area contributed by atoms with Crippen molar-refractivity contribution in [3.63, 3.8) is 0 Å². The minimum absolute atomic E-state index is 0.104. The lowest BCUT2D eigenvalue weighted by atomic mass is 10.1. The highest BCUT2D eigenvalue weighted by Gasteiger charge is 2.12. The molecule has 1 rings (SSSR count). The Kier molecular flexibility index (Phi) is 2.87. The molecule has 13 heavy (non-hydrogen) atoms. The summed E-state index contributed by atoms with van der Waals surface area (Å²) in [7, 11) is 1.27. The summed E-state index contributed by atoms with van der Waals surface area (Å²) in [5.41, 5.74) is 1.09. The smallest absolute Gasteiger partial charge is 0.341 e. The summed E-state index contributed by atoms with van der Waals surface area (Å²) >= 11 is 0. The number of rotatable bonds is 2. The Morgan fingerprint density at radius 2 is 2.15 bits per heavy atom. The molecule has 0 aromatic heterocycles. The lowest BCUT2D eigenvalue weighted by Gasteiger charge is -2.04. The number of benzene rings is 1. The maximum Gasteiger partial charge on any atom is 0.341 e. The van der Waals surface area contributed by atoms with Crippen LogP contribution in [0.25, 0.3) is 0 Å². The standard InChI is InChI=1S/C9H10O4/c1-6-3-4-7(9(10)12-2)8(5-6)13-11/h3-5,11H,1-2H3. The van der Waals surface area contributed by atoms with Gasteiger partial charge in [-0.1, -0.05) is 6.07 Å². The number of esters is 1. The summed E-state index contributed by atoms with van der Waals surface area (Å²) in [5, 5.41) is 8.48. The summed E-state index contributed by atoms with van der Waals surface area (Å²) in [5.74, 6) is -0.434. The van der Waals surface area contributed by atoms with E-state index in [9.17, 15) is 4.79 Å². The molecule has 0 aliphatic carbocycles. The molecule has 1 aromatic rings. The maximum absolute atomic E-state index is 11.1. The molecule has 0 spiro atoms. The summed E-state index contributed by atoms with van der Waals surface area (Å²) in [6.45, 7) is 1.82. The molecule has 4 nitrogen and oxygen atoms in total. The van der Waals surface area contributed by atoms with Gasteiger partial charge in [-0.2, -0.15) is 0 Å². The second kappa shape index (κ2) is 3.91. The normalized spacial score (nSPS) is 9.46. The Morgan fingerprint density at radius 3 is 2.69 bits per heavy atom. The van der Waals surface area contributed by atoms with Crippen molar-refractivity contribution >= 4 is 5.97 Å². The molecule has 0 amide bonds. The highest BCUT2D eigenvalue weighted by atomic mass is 17.1. The van der Waals surface area contributed by atoms with E-state index in [0.717, 1.165) is 5.56 Å². The number of methoxy groups -OCH3 is 1. The van der Waals surface area contributed by atoms with Crippen LogP contribution in [0.5, 0.6) is 5.75 Å². The minimum Gasteiger partial charge on any atom is -0.465 e. The number of hydrogen-bond acceptors (Lipinski definition) is 4. The zero-order valence-electron chi connectivity index (χ0n) is 7.40. The van der Waals surface area contributed by atoms with Crippen molar-refractivity contribution in [1.29, 1.82) is 0 Å². The van der Waals surface area contributed by atoms with Gasteiger partial charge in [0.05, 0.1) is 7.11 Å². The Bertz CT molecular complexity index is 319. The molecule has 0 saturated heterocycles. The quantitative estimate of drug-likeness (QED) is 0.429. The third-order valence-electron chi connectivity index (χ3n) is 1.64. The van der Waals surface area contributed by atoms with Crippen molar-refractivity contribution in [2.24, 2.45) is 0 Å². The van der Waals surface area contributed by atoms with Gasteiger partial charge >= 0.3 is 5.97 Å². The predicted molar refractivity (Wildman–Crippen MR) is 45.8 cm³/mol. The first-order valence-corrected chi connectivity index (χ1v) is 3.69. The van der Waals surface area contributed by atoms with E-state index in [0.29, 0.717) is 0 Å². The number of hydrogen-bond donors (Lipinski definition) is 1. The fourth-order valence-electron chi connectivity index (χ4n) is 0.984. The Morgan fingerprint density at radius 1 is 1.46 bits per heavy atom. The first-order valence-electron chi connectivity index (χ1n) is 3.69. The Hall–Kier alpha value is -1.55. The van der Waals surface area contributed by atoms with Crippen LogP contribution >= 0.6 is 0 Å². The summed E-state index contributed by atoms with van der Waals surface area (Å²) in [6, 6.07) is 4.81. The van der Waals surface area contributed by atoms with Crippen LogP contribution in [0.4, 0.5) is 0 Å². The third-order valence-corrected chi connectivity index (χ3v) is 1.64. The average molecular weight is 182 g/mol. The monoisotopic (exact) mass is 182 g/mol.